The fraction of sp³-hybridized carbons (Fsp3) is 0.600. The Labute approximate surface area is 89.9 Å². The van der Waals surface area contributed by atoms with E-state index in [2.05, 4.69) is 13.8 Å². The van der Waals surface area contributed by atoms with Gasteiger partial charge in [0, 0.05) is 4.88 Å². The maximum Gasteiger partial charge on any atom is 0.190 e. The molecule has 0 aliphatic carbocycles. The van der Waals surface area contributed by atoms with Crippen molar-refractivity contribution in [2.45, 2.75) is 43.1 Å². The summed E-state index contributed by atoms with van der Waals surface area (Å²) in [6.45, 7) is 7.56. The summed E-state index contributed by atoms with van der Waals surface area (Å²) in [6, 6.07) is 3.62. The van der Waals surface area contributed by atoms with Gasteiger partial charge in [0.25, 0.3) is 0 Å². The molecular formula is C10H16O2S2. The van der Waals surface area contributed by atoms with Crippen LogP contribution in [0.2, 0.25) is 0 Å². The summed E-state index contributed by atoms with van der Waals surface area (Å²) in [4.78, 5) is 1.13. The molecule has 0 aromatic carbocycles. The smallest absolute Gasteiger partial charge is 0.190 e. The molecule has 0 radical (unpaired) electrons. The van der Waals surface area contributed by atoms with Crippen LogP contribution >= 0.6 is 11.3 Å². The Morgan fingerprint density at radius 3 is 2.07 bits per heavy atom. The van der Waals surface area contributed by atoms with Crippen molar-refractivity contribution in [2.75, 3.05) is 0 Å². The van der Waals surface area contributed by atoms with Gasteiger partial charge in [-0.15, -0.1) is 11.3 Å². The minimum atomic E-state index is -3.07. The molecule has 0 aliphatic rings. The number of thiophene rings is 1. The molecule has 0 fully saturated rings. The van der Waals surface area contributed by atoms with Crippen molar-refractivity contribution < 1.29 is 8.42 Å². The van der Waals surface area contributed by atoms with Crippen LogP contribution in [0.25, 0.3) is 0 Å². The highest BCUT2D eigenvalue weighted by atomic mass is 32.2. The summed E-state index contributed by atoms with van der Waals surface area (Å²) >= 11 is 1.39. The number of hydrogen-bond donors (Lipinski definition) is 0. The van der Waals surface area contributed by atoms with Gasteiger partial charge in [-0.05, 0) is 31.9 Å². The van der Waals surface area contributed by atoms with Crippen LogP contribution in [-0.2, 0) is 9.84 Å². The third kappa shape index (κ3) is 2.17. The summed E-state index contributed by atoms with van der Waals surface area (Å²) in [5.41, 5.74) is 0. The molecule has 0 unspecified atom stereocenters. The highest BCUT2D eigenvalue weighted by Gasteiger charge is 2.21. The van der Waals surface area contributed by atoms with Crippen LogP contribution < -0.4 is 0 Å². The maximum atomic E-state index is 11.8. The first kappa shape index (κ1) is 11.7. The van der Waals surface area contributed by atoms with Gasteiger partial charge in [0.15, 0.2) is 9.84 Å². The monoisotopic (exact) mass is 232 g/mol. The second-order valence-electron chi connectivity index (χ2n) is 3.91. The van der Waals surface area contributed by atoms with E-state index in [0.717, 1.165) is 4.88 Å². The molecule has 2 nitrogen and oxygen atoms in total. The van der Waals surface area contributed by atoms with Crippen LogP contribution in [0.5, 0.6) is 0 Å². The van der Waals surface area contributed by atoms with E-state index in [0.29, 0.717) is 10.1 Å². The molecule has 80 valence electrons. The number of sulfone groups is 1. The molecule has 1 aromatic heterocycles. The van der Waals surface area contributed by atoms with Gasteiger partial charge in [-0.2, -0.15) is 0 Å². The normalized spacial score (nSPS) is 12.7. The molecule has 1 aromatic rings. The Morgan fingerprint density at radius 2 is 1.71 bits per heavy atom. The van der Waals surface area contributed by atoms with Crippen molar-refractivity contribution in [3.63, 3.8) is 0 Å². The van der Waals surface area contributed by atoms with E-state index in [9.17, 15) is 8.42 Å². The third-order valence-electron chi connectivity index (χ3n) is 2.07. The summed E-state index contributed by atoms with van der Waals surface area (Å²) in [5, 5.41) is -0.332. The van der Waals surface area contributed by atoms with Gasteiger partial charge in [0.1, 0.15) is 4.21 Å². The predicted octanol–water partition coefficient (Wildman–Crippen LogP) is 3.05. The molecule has 0 saturated heterocycles. The quantitative estimate of drug-likeness (QED) is 0.802. The van der Waals surface area contributed by atoms with Crippen LogP contribution in [-0.4, -0.2) is 13.7 Å². The minimum absolute atomic E-state index is 0.332. The molecule has 0 atom stereocenters. The molecule has 0 aliphatic heterocycles. The van der Waals surface area contributed by atoms with Gasteiger partial charge in [-0.3, -0.25) is 0 Å². The van der Waals surface area contributed by atoms with Crippen molar-refractivity contribution in [3.05, 3.63) is 17.0 Å². The van der Waals surface area contributed by atoms with E-state index in [-0.39, 0.29) is 5.25 Å². The molecule has 0 saturated carbocycles. The molecular weight excluding hydrogens is 216 g/mol. The average molecular weight is 232 g/mol. The van der Waals surface area contributed by atoms with Crippen LogP contribution in [0, 0.1) is 0 Å². The average Bonchev–Trinajstić information content (AvgIpc) is 2.51. The zero-order chi connectivity index (χ0) is 10.9. The Hall–Kier alpha value is -0.350. The lowest BCUT2D eigenvalue weighted by Crippen LogP contribution is -2.12. The molecule has 0 spiro atoms. The molecule has 0 amide bonds. The molecule has 0 bridgehead atoms. The van der Waals surface area contributed by atoms with E-state index in [1.807, 2.05) is 6.07 Å². The Bertz CT molecular complexity index is 400. The summed E-state index contributed by atoms with van der Waals surface area (Å²) in [7, 11) is -3.07. The molecule has 1 rings (SSSR count). The van der Waals surface area contributed by atoms with Crippen molar-refractivity contribution in [1.82, 2.24) is 0 Å². The van der Waals surface area contributed by atoms with E-state index >= 15 is 0 Å². The third-order valence-corrected chi connectivity index (χ3v) is 6.14. The van der Waals surface area contributed by atoms with Gasteiger partial charge in [0.05, 0.1) is 5.25 Å². The zero-order valence-electron chi connectivity index (χ0n) is 8.94. The Kier molecular flexibility index (Phi) is 3.37. The Balaban J connectivity index is 3.10. The lowest BCUT2D eigenvalue weighted by Gasteiger charge is -2.04. The van der Waals surface area contributed by atoms with Crippen LogP contribution in [0.1, 0.15) is 38.5 Å². The van der Waals surface area contributed by atoms with Crippen LogP contribution in [0.3, 0.4) is 0 Å². The maximum absolute atomic E-state index is 11.8. The minimum Gasteiger partial charge on any atom is -0.223 e. The van der Waals surface area contributed by atoms with E-state index in [1.54, 1.807) is 19.9 Å². The lowest BCUT2D eigenvalue weighted by atomic mass is 10.2. The summed E-state index contributed by atoms with van der Waals surface area (Å²) in [6.07, 6.45) is 0. The van der Waals surface area contributed by atoms with Crippen molar-refractivity contribution >= 4 is 21.2 Å². The largest absolute Gasteiger partial charge is 0.223 e. The number of hydrogen-bond acceptors (Lipinski definition) is 3. The first-order chi connectivity index (χ1) is 6.35. The molecule has 1 heterocycles. The lowest BCUT2D eigenvalue weighted by molar-refractivity contribution is 0.589. The van der Waals surface area contributed by atoms with Gasteiger partial charge >= 0.3 is 0 Å². The van der Waals surface area contributed by atoms with Crippen molar-refractivity contribution in [2.24, 2.45) is 0 Å². The van der Waals surface area contributed by atoms with Crippen molar-refractivity contribution in [3.8, 4) is 0 Å². The fourth-order valence-corrected chi connectivity index (χ4v) is 3.82. The predicted molar refractivity (Wildman–Crippen MR) is 60.7 cm³/mol. The first-order valence-corrected chi connectivity index (χ1v) is 7.05. The van der Waals surface area contributed by atoms with Crippen LogP contribution in [0.15, 0.2) is 16.3 Å². The highest BCUT2D eigenvalue weighted by molar-refractivity contribution is 7.94. The van der Waals surface area contributed by atoms with Gasteiger partial charge in [0.2, 0.25) is 0 Å². The van der Waals surface area contributed by atoms with Crippen molar-refractivity contribution in [1.29, 1.82) is 0 Å². The second kappa shape index (κ2) is 4.03. The zero-order valence-corrected chi connectivity index (χ0v) is 10.6. The van der Waals surface area contributed by atoms with Crippen LogP contribution in [0.4, 0.5) is 0 Å². The standard InChI is InChI=1S/C10H16O2S2/c1-7(2)9-5-6-10(13-9)14(11,12)8(3)4/h5-8H,1-4H3. The summed E-state index contributed by atoms with van der Waals surface area (Å²) < 4.78 is 24.1. The summed E-state index contributed by atoms with van der Waals surface area (Å²) in [5.74, 6) is 0.399. The topological polar surface area (TPSA) is 34.1 Å². The van der Waals surface area contributed by atoms with Gasteiger partial charge in [-0.1, -0.05) is 13.8 Å². The van der Waals surface area contributed by atoms with Gasteiger partial charge in [-0.25, -0.2) is 8.42 Å². The Morgan fingerprint density at radius 1 is 1.14 bits per heavy atom. The second-order valence-corrected chi connectivity index (χ2v) is 7.75. The SMILES string of the molecule is CC(C)c1ccc(S(=O)(=O)C(C)C)s1. The first-order valence-electron chi connectivity index (χ1n) is 4.69. The fourth-order valence-electron chi connectivity index (χ4n) is 1.03. The van der Waals surface area contributed by atoms with E-state index in [4.69, 9.17) is 0 Å². The highest BCUT2D eigenvalue weighted by Crippen LogP contribution is 2.29. The van der Waals surface area contributed by atoms with E-state index in [1.165, 1.54) is 11.3 Å². The molecule has 4 heteroatoms. The molecule has 14 heavy (non-hydrogen) atoms. The molecule has 0 N–H and O–H groups in total. The van der Waals surface area contributed by atoms with E-state index < -0.39 is 9.84 Å². The van der Waals surface area contributed by atoms with Gasteiger partial charge < -0.3 is 0 Å². The number of rotatable bonds is 3.